The minimum absolute atomic E-state index is 0.0430. The highest BCUT2D eigenvalue weighted by Gasteiger charge is 2.09. The first-order valence-corrected chi connectivity index (χ1v) is 7.44. The molecule has 0 radical (unpaired) electrons. The maximum atomic E-state index is 11.8. The molecule has 2 aromatic carbocycles. The summed E-state index contributed by atoms with van der Waals surface area (Å²) in [6.45, 7) is 3.84. The van der Waals surface area contributed by atoms with Crippen molar-refractivity contribution in [3.63, 3.8) is 0 Å². The molecule has 0 amide bonds. The number of benzene rings is 2. The SMILES string of the molecule is CC(C)C(=O)c1ccc(Sc2ccc(S)cc2)cc1. The zero-order valence-electron chi connectivity index (χ0n) is 11.0. The lowest BCUT2D eigenvalue weighted by Gasteiger charge is -2.06. The van der Waals surface area contributed by atoms with Gasteiger partial charge in [0.05, 0.1) is 0 Å². The number of carbonyl (C=O) groups is 1. The lowest BCUT2D eigenvalue weighted by molar-refractivity contribution is 0.0939. The minimum Gasteiger partial charge on any atom is -0.294 e. The lowest BCUT2D eigenvalue weighted by atomic mass is 10.0. The minimum atomic E-state index is 0.0430. The zero-order valence-corrected chi connectivity index (χ0v) is 12.7. The Kier molecular flexibility index (Phi) is 4.72. The van der Waals surface area contributed by atoms with Crippen molar-refractivity contribution in [2.75, 3.05) is 0 Å². The lowest BCUT2D eigenvalue weighted by Crippen LogP contribution is -2.06. The van der Waals surface area contributed by atoms with Gasteiger partial charge in [-0.3, -0.25) is 4.79 Å². The second kappa shape index (κ2) is 6.31. The normalized spacial score (nSPS) is 10.7. The van der Waals surface area contributed by atoms with Crippen molar-refractivity contribution < 1.29 is 4.79 Å². The second-order valence-corrected chi connectivity index (χ2v) is 6.30. The van der Waals surface area contributed by atoms with Crippen LogP contribution in [0.3, 0.4) is 0 Å². The summed E-state index contributed by atoms with van der Waals surface area (Å²) in [5.41, 5.74) is 0.782. The number of carbonyl (C=O) groups excluding carboxylic acids is 1. The molecule has 2 rings (SSSR count). The van der Waals surface area contributed by atoms with Crippen molar-refractivity contribution in [2.24, 2.45) is 5.92 Å². The molecule has 0 aliphatic heterocycles. The van der Waals surface area contributed by atoms with E-state index in [9.17, 15) is 4.79 Å². The van der Waals surface area contributed by atoms with Crippen molar-refractivity contribution in [2.45, 2.75) is 28.5 Å². The number of hydrogen-bond acceptors (Lipinski definition) is 3. The van der Waals surface area contributed by atoms with Gasteiger partial charge in [0.15, 0.2) is 5.78 Å². The Bertz CT molecular complexity index is 556. The van der Waals surface area contributed by atoms with Gasteiger partial charge < -0.3 is 0 Å². The molecule has 0 aromatic heterocycles. The smallest absolute Gasteiger partial charge is 0.165 e. The van der Waals surface area contributed by atoms with Gasteiger partial charge in [-0.05, 0) is 36.4 Å². The summed E-state index contributed by atoms with van der Waals surface area (Å²) in [6, 6.07) is 15.8. The quantitative estimate of drug-likeness (QED) is 0.632. The van der Waals surface area contributed by atoms with E-state index in [4.69, 9.17) is 0 Å². The predicted molar refractivity (Wildman–Crippen MR) is 83.4 cm³/mol. The fourth-order valence-corrected chi connectivity index (χ4v) is 2.64. The summed E-state index contributed by atoms with van der Waals surface area (Å²) >= 11 is 5.95. The van der Waals surface area contributed by atoms with Crippen molar-refractivity contribution in [1.82, 2.24) is 0 Å². The van der Waals surface area contributed by atoms with E-state index in [1.54, 1.807) is 11.8 Å². The van der Waals surface area contributed by atoms with Crippen LogP contribution >= 0.6 is 24.4 Å². The Hall–Kier alpha value is -1.19. The van der Waals surface area contributed by atoms with E-state index in [0.717, 1.165) is 15.4 Å². The molecule has 0 saturated heterocycles. The van der Waals surface area contributed by atoms with Gasteiger partial charge in [-0.15, -0.1) is 12.6 Å². The third-order valence-electron chi connectivity index (χ3n) is 2.74. The van der Waals surface area contributed by atoms with Crippen LogP contribution in [0.4, 0.5) is 0 Å². The molecule has 0 N–H and O–H groups in total. The molecule has 0 aliphatic rings. The molecular weight excluding hydrogens is 272 g/mol. The van der Waals surface area contributed by atoms with E-state index in [2.05, 4.69) is 12.6 Å². The summed E-state index contributed by atoms with van der Waals surface area (Å²) < 4.78 is 0. The molecule has 3 heteroatoms. The first kappa shape index (κ1) is 14.2. The average molecular weight is 288 g/mol. The fourth-order valence-electron chi connectivity index (χ4n) is 1.67. The van der Waals surface area contributed by atoms with Gasteiger partial charge in [0, 0.05) is 26.2 Å². The third-order valence-corrected chi connectivity index (χ3v) is 4.05. The fraction of sp³-hybridized carbons (Fsp3) is 0.188. The van der Waals surface area contributed by atoms with E-state index in [0.29, 0.717) is 0 Å². The summed E-state index contributed by atoms with van der Waals surface area (Å²) in [4.78, 5) is 15.1. The molecule has 2 aromatic rings. The van der Waals surface area contributed by atoms with Crippen molar-refractivity contribution >= 4 is 30.2 Å². The molecule has 0 atom stereocenters. The number of hydrogen-bond donors (Lipinski definition) is 1. The van der Waals surface area contributed by atoms with Gasteiger partial charge in [0.2, 0.25) is 0 Å². The van der Waals surface area contributed by atoms with Gasteiger partial charge in [-0.1, -0.05) is 37.7 Å². The molecule has 0 aliphatic carbocycles. The molecule has 0 heterocycles. The van der Waals surface area contributed by atoms with Crippen molar-refractivity contribution in [1.29, 1.82) is 0 Å². The Morgan fingerprint density at radius 1 is 0.947 bits per heavy atom. The zero-order chi connectivity index (χ0) is 13.8. The largest absolute Gasteiger partial charge is 0.294 e. The molecule has 98 valence electrons. The molecule has 0 spiro atoms. The topological polar surface area (TPSA) is 17.1 Å². The Morgan fingerprint density at radius 3 is 1.89 bits per heavy atom. The average Bonchev–Trinajstić information content (AvgIpc) is 2.41. The first-order chi connectivity index (χ1) is 9.06. The van der Waals surface area contributed by atoms with Crippen molar-refractivity contribution in [3.8, 4) is 0 Å². The molecule has 19 heavy (non-hydrogen) atoms. The summed E-state index contributed by atoms with van der Waals surface area (Å²) in [5, 5.41) is 0. The molecule has 1 nitrogen and oxygen atoms in total. The second-order valence-electron chi connectivity index (χ2n) is 4.64. The summed E-state index contributed by atoms with van der Waals surface area (Å²) in [5.74, 6) is 0.234. The van der Waals surface area contributed by atoms with E-state index in [-0.39, 0.29) is 11.7 Å². The first-order valence-electron chi connectivity index (χ1n) is 6.17. The summed E-state index contributed by atoms with van der Waals surface area (Å²) in [6.07, 6.45) is 0. The van der Waals surface area contributed by atoms with Gasteiger partial charge in [0.25, 0.3) is 0 Å². The maximum absolute atomic E-state index is 11.8. The van der Waals surface area contributed by atoms with E-state index in [1.807, 2.05) is 62.4 Å². The molecule has 0 saturated carbocycles. The van der Waals surface area contributed by atoms with E-state index in [1.165, 1.54) is 4.90 Å². The van der Waals surface area contributed by atoms with Crippen LogP contribution in [0.5, 0.6) is 0 Å². The van der Waals surface area contributed by atoms with E-state index >= 15 is 0 Å². The van der Waals surface area contributed by atoms with Crippen LogP contribution < -0.4 is 0 Å². The predicted octanol–water partition coefficient (Wildman–Crippen LogP) is 4.97. The Morgan fingerprint density at radius 2 is 1.42 bits per heavy atom. The van der Waals surface area contributed by atoms with Gasteiger partial charge >= 0.3 is 0 Å². The van der Waals surface area contributed by atoms with Crippen LogP contribution in [0, 0.1) is 5.92 Å². The molecular formula is C16H16OS2. The monoisotopic (exact) mass is 288 g/mol. The standard InChI is InChI=1S/C16H16OS2/c1-11(2)16(17)12-3-7-14(8-4-12)19-15-9-5-13(18)6-10-15/h3-11,18H,1-2H3. The van der Waals surface area contributed by atoms with Gasteiger partial charge in [0.1, 0.15) is 0 Å². The third kappa shape index (κ3) is 3.88. The highest BCUT2D eigenvalue weighted by molar-refractivity contribution is 7.99. The van der Waals surface area contributed by atoms with Crippen LogP contribution in [-0.2, 0) is 0 Å². The number of Topliss-reactive ketones (excluding diaryl/α,β-unsaturated/α-hetero) is 1. The molecule has 0 bridgehead atoms. The summed E-state index contributed by atoms with van der Waals surface area (Å²) in [7, 11) is 0. The number of rotatable bonds is 4. The number of thiol groups is 1. The van der Waals surface area contributed by atoms with Crippen LogP contribution in [0.2, 0.25) is 0 Å². The molecule has 0 unspecified atom stereocenters. The van der Waals surface area contributed by atoms with Crippen LogP contribution in [0.15, 0.2) is 63.2 Å². The van der Waals surface area contributed by atoms with Crippen LogP contribution in [0.1, 0.15) is 24.2 Å². The van der Waals surface area contributed by atoms with Gasteiger partial charge in [-0.25, -0.2) is 0 Å². The van der Waals surface area contributed by atoms with Crippen molar-refractivity contribution in [3.05, 3.63) is 54.1 Å². The highest BCUT2D eigenvalue weighted by atomic mass is 32.2. The highest BCUT2D eigenvalue weighted by Crippen LogP contribution is 2.28. The van der Waals surface area contributed by atoms with Gasteiger partial charge in [-0.2, -0.15) is 0 Å². The maximum Gasteiger partial charge on any atom is 0.165 e. The Labute approximate surface area is 123 Å². The molecule has 0 fully saturated rings. The van der Waals surface area contributed by atoms with Crippen LogP contribution in [0.25, 0.3) is 0 Å². The number of ketones is 1. The Balaban J connectivity index is 2.10. The van der Waals surface area contributed by atoms with E-state index < -0.39 is 0 Å². The van der Waals surface area contributed by atoms with Crippen LogP contribution in [-0.4, -0.2) is 5.78 Å².